The van der Waals surface area contributed by atoms with E-state index in [2.05, 4.69) is 5.32 Å². The lowest BCUT2D eigenvalue weighted by molar-refractivity contribution is -0.127. The summed E-state index contributed by atoms with van der Waals surface area (Å²) < 4.78 is 5.73. The topological polar surface area (TPSA) is 38.3 Å². The third-order valence-electron chi connectivity index (χ3n) is 3.56. The minimum absolute atomic E-state index is 0.127. The van der Waals surface area contributed by atoms with E-state index in [0.29, 0.717) is 33.8 Å². The molecular formula is C19H20Cl3NO2S. The Bertz CT molecular complexity index is 742. The Kier molecular flexibility index (Phi) is 8.93. The van der Waals surface area contributed by atoms with Gasteiger partial charge in [0.1, 0.15) is 5.75 Å². The van der Waals surface area contributed by atoms with Gasteiger partial charge in [0.2, 0.25) is 0 Å². The summed E-state index contributed by atoms with van der Waals surface area (Å²) >= 11 is 19.7. The van der Waals surface area contributed by atoms with Crippen LogP contribution in [0.5, 0.6) is 5.75 Å². The summed E-state index contributed by atoms with van der Waals surface area (Å²) in [5.41, 5.74) is 1.03. The average molecular weight is 433 g/mol. The molecule has 1 atom stereocenters. The van der Waals surface area contributed by atoms with Crippen molar-refractivity contribution in [1.29, 1.82) is 0 Å². The van der Waals surface area contributed by atoms with E-state index in [1.54, 1.807) is 42.1 Å². The molecule has 0 heterocycles. The number of thioether (sulfide) groups is 1. The summed E-state index contributed by atoms with van der Waals surface area (Å²) in [6, 6.07) is 12.5. The SMILES string of the molecule is CC[C@H](Oc1cccc(Cl)c1)C(=O)NCCSCc1ccc(Cl)cc1Cl. The van der Waals surface area contributed by atoms with Crippen LogP contribution in [0.4, 0.5) is 0 Å². The van der Waals surface area contributed by atoms with Crippen LogP contribution in [0.15, 0.2) is 42.5 Å². The van der Waals surface area contributed by atoms with Gasteiger partial charge in [-0.1, -0.05) is 53.9 Å². The van der Waals surface area contributed by atoms with Gasteiger partial charge in [-0.2, -0.15) is 11.8 Å². The summed E-state index contributed by atoms with van der Waals surface area (Å²) in [5, 5.41) is 4.77. The zero-order valence-electron chi connectivity index (χ0n) is 14.3. The molecule has 1 amide bonds. The van der Waals surface area contributed by atoms with E-state index in [-0.39, 0.29) is 5.91 Å². The second-order valence-electron chi connectivity index (χ2n) is 5.55. The number of halogens is 3. The molecule has 0 fully saturated rings. The fourth-order valence-corrected chi connectivity index (χ4v) is 3.81. The maximum absolute atomic E-state index is 12.3. The summed E-state index contributed by atoms with van der Waals surface area (Å²) in [7, 11) is 0. The highest BCUT2D eigenvalue weighted by Gasteiger charge is 2.17. The van der Waals surface area contributed by atoms with Crippen LogP contribution in [0, 0.1) is 0 Å². The number of hydrogen-bond acceptors (Lipinski definition) is 3. The van der Waals surface area contributed by atoms with Gasteiger partial charge in [-0.15, -0.1) is 0 Å². The molecule has 140 valence electrons. The predicted molar refractivity (Wildman–Crippen MR) is 112 cm³/mol. The molecule has 2 aromatic rings. The van der Waals surface area contributed by atoms with Crippen molar-refractivity contribution in [2.45, 2.75) is 25.2 Å². The third kappa shape index (κ3) is 6.92. The summed E-state index contributed by atoms with van der Waals surface area (Å²) in [4.78, 5) is 12.3. The molecule has 0 aliphatic heterocycles. The van der Waals surface area contributed by atoms with E-state index in [1.165, 1.54) is 0 Å². The van der Waals surface area contributed by atoms with Crippen LogP contribution in [0.3, 0.4) is 0 Å². The molecule has 0 aromatic heterocycles. The Morgan fingerprint density at radius 1 is 1.15 bits per heavy atom. The van der Waals surface area contributed by atoms with E-state index in [1.807, 2.05) is 19.1 Å². The highest BCUT2D eigenvalue weighted by Crippen LogP contribution is 2.24. The van der Waals surface area contributed by atoms with Crippen LogP contribution in [0.2, 0.25) is 15.1 Å². The number of nitrogens with one attached hydrogen (secondary N) is 1. The smallest absolute Gasteiger partial charge is 0.261 e. The van der Waals surface area contributed by atoms with Crippen molar-refractivity contribution in [3.8, 4) is 5.75 Å². The van der Waals surface area contributed by atoms with Crippen LogP contribution in [-0.4, -0.2) is 24.3 Å². The Balaban J connectivity index is 1.72. The standard InChI is InChI=1S/C19H20Cl3NO2S/c1-2-18(25-16-5-3-4-14(20)10-16)19(24)23-8-9-26-12-13-6-7-15(21)11-17(13)22/h3-7,10-11,18H,2,8-9,12H2,1H3,(H,23,24)/t18-/m0/s1. The maximum Gasteiger partial charge on any atom is 0.261 e. The van der Waals surface area contributed by atoms with Gasteiger partial charge >= 0.3 is 0 Å². The molecule has 0 unspecified atom stereocenters. The first-order valence-corrected chi connectivity index (χ1v) is 10.5. The first kappa shape index (κ1) is 21.2. The van der Waals surface area contributed by atoms with Gasteiger partial charge in [-0.3, -0.25) is 4.79 Å². The van der Waals surface area contributed by atoms with Crippen LogP contribution in [0.25, 0.3) is 0 Å². The maximum atomic E-state index is 12.3. The Morgan fingerprint density at radius 3 is 2.62 bits per heavy atom. The van der Waals surface area contributed by atoms with E-state index >= 15 is 0 Å². The van der Waals surface area contributed by atoms with E-state index in [0.717, 1.165) is 17.1 Å². The van der Waals surface area contributed by atoms with Crippen molar-refractivity contribution in [2.75, 3.05) is 12.3 Å². The van der Waals surface area contributed by atoms with Crippen molar-refractivity contribution >= 4 is 52.5 Å². The van der Waals surface area contributed by atoms with Gasteiger partial charge in [0.05, 0.1) is 0 Å². The Labute approximate surface area is 173 Å². The summed E-state index contributed by atoms with van der Waals surface area (Å²) in [5.74, 6) is 2.00. The number of ether oxygens (including phenoxy) is 1. The Morgan fingerprint density at radius 2 is 1.92 bits per heavy atom. The Hall–Kier alpha value is -1.07. The second-order valence-corrected chi connectivity index (χ2v) is 7.94. The average Bonchev–Trinajstić information content (AvgIpc) is 2.61. The molecular weight excluding hydrogens is 413 g/mol. The van der Waals surface area contributed by atoms with Gasteiger partial charge in [0.15, 0.2) is 6.10 Å². The number of hydrogen-bond donors (Lipinski definition) is 1. The van der Waals surface area contributed by atoms with Crippen molar-refractivity contribution in [2.24, 2.45) is 0 Å². The predicted octanol–water partition coefficient (Wildman–Crippen LogP) is 5.85. The van der Waals surface area contributed by atoms with Crippen molar-refractivity contribution in [3.63, 3.8) is 0 Å². The molecule has 0 bridgehead atoms. The van der Waals surface area contributed by atoms with Gasteiger partial charge in [-0.05, 0) is 42.3 Å². The van der Waals surface area contributed by atoms with Crippen molar-refractivity contribution in [3.05, 3.63) is 63.1 Å². The van der Waals surface area contributed by atoms with Gasteiger partial charge in [0.25, 0.3) is 5.91 Å². The molecule has 3 nitrogen and oxygen atoms in total. The number of carbonyl (C=O) groups is 1. The van der Waals surface area contributed by atoms with E-state index in [9.17, 15) is 4.79 Å². The van der Waals surface area contributed by atoms with E-state index in [4.69, 9.17) is 39.5 Å². The minimum atomic E-state index is -0.538. The van der Waals surface area contributed by atoms with Crippen LogP contribution >= 0.6 is 46.6 Å². The lowest BCUT2D eigenvalue weighted by atomic mass is 10.2. The van der Waals surface area contributed by atoms with Crippen LogP contribution < -0.4 is 10.1 Å². The molecule has 26 heavy (non-hydrogen) atoms. The molecule has 0 aliphatic rings. The third-order valence-corrected chi connectivity index (χ3v) is 5.39. The largest absolute Gasteiger partial charge is 0.481 e. The number of benzene rings is 2. The monoisotopic (exact) mass is 431 g/mol. The molecule has 2 rings (SSSR count). The lowest BCUT2D eigenvalue weighted by Gasteiger charge is -2.17. The quantitative estimate of drug-likeness (QED) is 0.505. The second kappa shape index (κ2) is 10.9. The van der Waals surface area contributed by atoms with Crippen LogP contribution in [0.1, 0.15) is 18.9 Å². The zero-order valence-corrected chi connectivity index (χ0v) is 17.4. The van der Waals surface area contributed by atoms with Gasteiger partial charge in [0, 0.05) is 33.1 Å². The lowest BCUT2D eigenvalue weighted by Crippen LogP contribution is -2.39. The zero-order chi connectivity index (χ0) is 18.9. The first-order chi connectivity index (χ1) is 12.5. The minimum Gasteiger partial charge on any atom is -0.481 e. The molecule has 7 heteroatoms. The highest BCUT2D eigenvalue weighted by molar-refractivity contribution is 7.98. The number of carbonyl (C=O) groups excluding carboxylic acids is 1. The van der Waals surface area contributed by atoms with Crippen LogP contribution in [-0.2, 0) is 10.5 Å². The van der Waals surface area contributed by atoms with Gasteiger partial charge in [-0.25, -0.2) is 0 Å². The number of rotatable bonds is 9. The highest BCUT2D eigenvalue weighted by atomic mass is 35.5. The molecule has 0 radical (unpaired) electrons. The van der Waals surface area contributed by atoms with Crippen molar-refractivity contribution in [1.82, 2.24) is 5.32 Å². The first-order valence-electron chi connectivity index (χ1n) is 8.21. The molecule has 2 aromatic carbocycles. The molecule has 1 N–H and O–H groups in total. The normalized spacial score (nSPS) is 11.8. The fraction of sp³-hybridized carbons (Fsp3) is 0.316. The molecule has 0 saturated heterocycles. The van der Waals surface area contributed by atoms with Crippen molar-refractivity contribution < 1.29 is 9.53 Å². The molecule has 0 aliphatic carbocycles. The summed E-state index contributed by atoms with van der Waals surface area (Å²) in [6.07, 6.45) is 0.0375. The van der Waals surface area contributed by atoms with E-state index < -0.39 is 6.10 Å². The van der Waals surface area contributed by atoms with Gasteiger partial charge < -0.3 is 10.1 Å². The number of amides is 1. The summed E-state index contributed by atoms with van der Waals surface area (Å²) in [6.45, 7) is 2.47. The molecule has 0 saturated carbocycles. The molecule has 0 spiro atoms. The fourth-order valence-electron chi connectivity index (χ4n) is 2.21.